The number of aromatic nitrogens is 1. The normalized spacial score (nSPS) is 10.3. The van der Waals surface area contributed by atoms with E-state index in [1.54, 1.807) is 19.5 Å². The Morgan fingerprint density at radius 3 is 2.55 bits per heavy atom. The van der Waals surface area contributed by atoms with Crippen molar-refractivity contribution < 1.29 is 9.53 Å². The molecular weight excluding hydrogens is 276 g/mol. The van der Waals surface area contributed by atoms with Crippen molar-refractivity contribution in [3.05, 3.63) is 59.4 Å². The Morgan fingerprint density at radius 1 is 1.23 bits per heavy atom. The van der Waals surface area contributed by atoms with Crippen LogP contribution in [0.5, 0.6) is 5.75 Å². The molecule has 0 aliphatic rings. The number of rotatable bonds is 6. The number of carbonyl (C=O) groups excluding carboxylic acids is 1. The molecule has 0 bridgehead atoms. The zero-order chi connectivity index (χ0) is 15.9. The van der Waals surface area contributed by atoms with E-state index in [4.69, 9.17) is 4.74 Å². The average molecular weight is 298 g/mol. The van der Waals surface area contributed by atoms with Crippen LogP contribution in [0.3, 0.4) is 0 Å². The van der Waals surface area contributed by atoms with Gasteiger partial charge in [0.1, 0.15) is 5.75 Å². The molecule has 0 saturated carbocycles. The zero-order valence-electron chi connectivity index (χ0n) is 13.4. The first kappa shape index (κ1) is 16.0. The summed E-state index contributed by atoms with van der Waals surface area (Å²) in [5.41, 5.74) is 2.86. The summed E-state index contributed by atoms with van der Waals surface area (Å²) in [5, 5.41) is 0. The minimum atomic E-state index is 0.0577. The SMILES string of the molecule is CCN(CCc1ccncc1)C(=O)c1ccc(OC)c(C)c1. The predicted molar refractivity (Wildman–Crippen MR) is 87.2 cm³/mol. The van der Waals surface area contributed by atoms with Crippen molar-refractivity contribution in [3.63, 3.8) is 0 Å². The van der Waals surface area contributed by atoms with Crippen LogP contribution in [-0.4, -0.2) is 36.0 Å². The minimum Gasteiger partial charge on any atom is -0.496 e. The summed E-state index contributed by atoms with van der Waals surface area (Å²) in [6.45, 7) is 5.34. The second kappa shape index (κ2) is 7.59. The number of ether oxygens (including phenoxy) is 1. The maximum Gasteiger partial charge on any atom is 0.253 e. The molecule has 0 aliphatic heterocycles. The van der Waals surface area contributed by atoms with E-state index in [0.29, 0.717) is 18.7 Å². The number of amides is 1. The molecule has 2 rings (SSSR count). The van der Waals surface area contributed by atoms with Gasteiger partial charge in [-0.1, -0.05) is 0 Å². The highest BCUT2D eigenvalue weighted by Gasteiger charge is 2.15. The fourth-order valence-corrected chi connectivity index (χ4v) is 2.41. The van der Waals surface area contributed by atoms with Gasteiger partial charge in [-0.3, -0.25) is 9.78 Å². The topological polar surface area (TPSA) is 42.4 Å². The van der Waals surface area contributed by atoms with Crippen molar-refractivity contribution in [2.75, 3.05) is 20.2 Å². The summed E-state index contributed by atoms with van der Waals surface area (Å²) in [6.07, 6.45) is 4.39. The Hall–Kier alpha value is -2.36. The van der Waals surface area contributed by atoms with Crippen molar-refractivity contribution in [2.24, 2.45) is 0 Å². The van der Waals surface area contributed by atoms with Crippen LogP contribution >= 0.6 is 0 Å². The molecule has 1 heterocycles. The molecule has 1 aromatic carbocycles. The van der Waals surface area contributed by atoms with Gasteiger partial charge < -0.3 is 9.64 Å². The molecule has 4 nitrogen and oxygen atoms in total. The van der Waals surface area contributed by atoms with Gasteiger partial charge >= 0.3 is 0 Å². The Labute approximate surface area is 131 Å². The predicted octanol–water partition coefficient (Wildman–Crippen LogP) is 3.10. The lowest BCUT2D eigenvalue weighted by Gasteiger charge is -2.21. The molecule has 0 fully saturated rings. The molecular formula is C18H22N2O2. The van der Waals surface area contributed by atoms with Gasteiger partial charge in [-0.25, -0.2) is 0 Å². The summed E-state index contributed by atoms with van der Waals surface area (Å²) < 4.78 is 5.24. The van der Waals surface area contributed by atoms with Gasteiger partial charge in [0.15, 0.2) is 0 Å². The van der Waals surface area contributed by atoms with Crippen LogP contribution in [0, 0.1) is 6.92 Å². The summed E-state index contributed by atoms with van der Waals surface area (Å²) in [4.78, 5) is 18.5. The van der Waals surface area contributed by atoms with Crippen molar-refractivity contribution >= 4 is 5.91 Å². The maximum absolute atomic E-state index is 12.6. The highest BCUT2D eigenvalue weighted by molar-refractivity contribution is 5.94. The van der Waals surface area contributed by atoms with E-state index < -0.39 is 0 Å². The van der Waals surface area contributed by atoms with Crippen LogP contribution in [0.15, 0.2) is 42.7 Å². The maximum atomic E-state index is 12.6. The Kier molecular flexibility index (Phi) is 5.53. The monoisotopic (exact) mass is 298 g/mol. The Balaban J connectivity index is 2.06. The van der Waals surface area contributed by atoms with Gasteiger partial charge in [0.05, 0.1) is 7.11 Å². The van der Waals surface area contributed by atoms with Crippen LogP contribution in [0.2, 0.25) is 0 Å². The minimum absolute atomic E-state index is 0.0577. The number of methoxy groups -OCH3 is 1. The number of hydrogen-bond acceptors (Lipinski definition) is 3. The van der Waals surface area contributed by atoms with Gasteiger partial charge in [0, 0.05) is 31.0 Å². The van der Waals surface area contributed by atoms with E-state index in [0.717, 1.165) is 17.7 Å². The van der Waals surface area contributed by atoms with Gasteiger partial charge in [-0.15, -0.1) is 0 Å². The molecule has 0 unspecified atom stereocenters. The Bertz CT molecular complexity index is 626. The number of hydrogen-bond donors (Lipinski definition) is 0. The third-order valence-electron chi connectivity index (χ3n) is 3.73. The number of aryl methyl sites for hydroxylation is 1. The number of benzene rings is 1. The average Bonchev–Trinajstić information content (AvgIpc) is 2.56. The van der Waals surface area contributed by atoms with Gasteiger partial charge in [-0.05, 0) is 61.7 Å². The van der Waals surface area contributed by atoms with Gasteiger partial charge in [-0.2, -0.15) is 0 Å². The molecule has 2 aromatic rings. The van der Waals surface area contributed by atoms with E-state index in [1.807, 2.05) is 49.1 Å². The number of likely N-dealkylation sites (N-methyl/N-ethyl adjacent to an activating group) is 1. The van der Waals surface area contributed by atoms with Crippen LogP contribution < -0.4 is 4.74 Å². The lowest BCUT2D eigenvalue weighted by atomic mass is 10.1. The molecule has 0 radical (unpaired) electrons. The molecule has 1 amide bonds. The third kappa shape index (κ3) is 3.85. The summed E-state index contributed by atoms with van der Waals surface area (Å²) in [7, 11) is 1.64. The van der Waals surface area contributed by atoms with Crippen molar-refractivity contribution in [3.8, 4) is 5.75 Å². The molecule has 0 N–H and O–H groups in total. The third-order valence-corrected chi connectivity index (χ3v) is 3.73. The zero-order valence-corrected chi connectivity index (χ0v) is 13.4. The number of pyridine rings is 1. The smallest absolute Gasteiger partial charge is 0.253 e. The molecule has 0 saturated heterocycles. The molecule has 4 heteroatoms. The number of nitrogens with zero attached hydrogens (tertiary/aromatic N) is 2. The summed E-state index contributed by atoms with van der Waals surface area (Å²) in [6, 6.07) is 9.52. The van der Waals surface area contributed by atoms with Crippen molar-refractivity contribution in [1.29, 1.82) is 0 Å². The summed E-state index contributed by atoms with van der Waals surface area (Å²) >= 11 is 0. The first-order valence-electron chi connectivity index (χ1n) is 7.48. The summed E-state index contributed by atoms with van der Waals surface area (Å²) in [5.74, 6) is 0.860. The van der Waals surface area contributed by atoms with Crippen LogP contribution in [-0.2, 0) is 6.42 Å². The van der Waals surface area contributed by atoms with E-state index in [2.05, 4.69) is 4.98 Å². The molecule has 116 valence electrons. The van der Waals surface area contributed by atoms with Gasteiger partial charge in [0.2, 0.25) is 0 Å². The quantitative estimate of drug-likeness (QED) is 0.823. The highest BCUT2D eigenvalue weighted by atomic mass is 16.5. The first-order chi connectivity index (χ1) is 10.7. The second-order valence-corrected chi connectivity index (χ2v) is 5.17. The van der Waals surface area contributed by atoms with E-state index >= 15 is 0 Å². The lowest BCUT2D eigenvalue weighted by molar-refractivity contribution is 0.0766. The molecule has 1 aromatic heterocycles. The largest absolute Gasteiger partial charge is 0.496 e. The van der Waals surface area contributed by atoms with Gasteiger partial charge in [0.25, 0.3) is 5.91 Å². The van der Waals surface area contributed by atoms with Crippen LogP contribution in [0.1, 0.15) is 28.4 Å². The van der Waals surface area contributed by atoms with E-state index in [9.17, 15) is 4.79 Å². The van der Waals surface area contributed by atoms with Crippen molar-refractivity contribution in [2.45, 2.75) is 20.3 Å². The second-order valence-electron chi connectivity index (χ2n) is 5.17. The van der Waals surface area contributed by atoms with E-state index in [1.165, 1.54) is 5.56 Å². The van der Waals surface area contributed by atoms with E-state index in [-0.39, 0.29) is 5.91 Å². The molecule has 0 aliphatic carbocycles. The fraction of sp³-hybridized carbons (Fsp3) is 0.333. The fourth-order valence-electron chi connectivity index (χ4n) is 2.41. The molecule has 22 heavy (non-hydrogen) atoms. The highest BCUT2D eigenvalue weighted by Crippen LogP contribution is 2.19. The molecule has 0 spiro atoms. The number of carbonyl (C=O) groups is 1. The standard InChI is InChI=1S/C18H22N2O2/c1-4-20(12-9-15-7-10-19-11-8-15)18(21)16-5-6-17(22-3)14(2)13-16/h5-8,10-11,13H,4,9,12H2,1-3H3. The Morgan fingerprint density at radius 2 is 1.95 bits per heavy atom. The van der Waals surface area contributed by atoms with Crippen LogP contribution in [0.4, 0.5) is 0 Å². The van der Waals surface area contributed by atoms with Crippen LogP contribution in [0.25, 0.3) is 0 Å². The lowest BCUT2D eigenvalue weighted by Crippen LogP contribution is -2.32. The van der Waals surface area contributed by atoms with Crippen molar-refractivity contribution in [1.82, 2.24) is 9.88 Å². The first-order valence-corrected chi connectivity index (χ1v) is 7.48. The molecule has 0 atom stereocenters.